The van der Waals surface area contributed by atoms with E-state index in [2.05, 4.69) is 21.3 Å². The number of oxazole rings is 1. The summed E-state index contributed by atoms with van der Waals surface area (Å²) in [4.78, 5) is 21.3. The molecule has 7 heteroatoms. The van der Waals surface area contributed by atoms with Gasteiger partial charge in [-0.15, -0.1) is 0 Å². The summed E-state index contributed by atoms with van der Waals surface area (Å²) in [6.07, 6.45) is 3.04. The monoisotopic (exact) mass is 390 g/mol. The van der Waals surface area contributed by atoms with Gasteiger partial charge in [-0.05, 0) is 23.8 Å². The Kier molecular flexibility index (Phi) is 4.54. The molecule has 2 aliphatic rings. The van der Waals surface area contributed by atoms with Gasteiger partial charge in [0.05, 0.1) is 12.3 Å². The van der Waals surface area contributed by atoms with Gasteiger partial charge in [0.2, 0.25) is 0 Å². The Morgan fingerprint density at radius 1 is 1.17 bits per heavy atom. The van der Waals surface area contributed by atoms with Crippen molar-refractivity contribution in [1.29, 1.82) is 0 Å². The molecule has 0 spiro atoms. The Bertz CT molecular complexity index is 992. The first-order valence-corrected chi connectivity index (χ1v) is 9.72. The van der Waals surface area contributed by atoms with Gasteiger partial charge in [-0.2, -0.15) is 0 Å². The second-order valence-electron chi connectivity index (χ2n) is 7.46. The molecule has 3 heterocycles. The van der Waals surface area contributed by atoms with Crippen LogP contribution in [-0.2, 0) is 6.54 Å². The number of fused-ring (bicyclic) bond motifs is 3. The molecule has 5 rings (SSSR count). The summed E-state index contributed by atoms with van der Waals surface area (Å²) in [6.45, 7) is 1.19. The van der Waals surface area contributed by atoms with E-state index in [0.717, 1.165) is 22.6 Å². The van der Waals surface area contributed by atoms with Crippen molar-refractivity contribution < 1.29 is 14.3 Å². The van der Waals surface area contributed by atoms with Crippen LogP contribution in [0.3, 0.4) is 0 Å². The molecule has 2 amide bonds. The topological polar surface area (TPSA) is 81.8 Å². The largest absolute Gasteiger partial charge is 0.451 e. The van der Waals surface area contributed by atoms with Crippen LogP contribution in [0.4, 0.5) is 16.2 Å². The molecule has 0 saturated carbocycles. The van der Waals surface area contributed by atoms with Crippen molar-refractivity contribution in [2.75, 3.05) is 23.4 Å². The molecular weight excluding hydrogens is 368 g/mol. The molecule has 7 nitrogen and oxygen atoms in total. The van der Waals surface area contributed by atoms with Crippen molar-refractivity contribution in [3.05, 3.63) is 78.5 Å². The van der Waals surface area contributed by atoms with E-state index in [1.165, 1.54) is 6.39 Å². The maximum absolute atomic E-state index is 13.1. The summed E-state index contributed by atoms with van der Waals surface area (Å²) < 4.78 is 5.10. The van der Waals surface area contributed by atoms with E-state index in [0.29, 0.717) is 13.1 Å². The number of para-hydroxylation sites is 2. The minimum Gasteiger partial charge on any atom is -0.451 e. The minimum atomic E-state index is -0.157. The number of aromatic nitrogens is 1. The van der Waals surface area contributed by atoms with E-state index in [1.54, 1.807) is 11.2 Å². The lowest BCUT2D eigenvalue weighted by atomic mass is 9.72. The first-order chi connectivity index (χ1) is 14.3. The number of hydrogen-bond donors (Lipinski definition) is 2. The van der Waals surface area contributed by atoms with Gasteiger partial charge in [0.15, 0.2) is 6.39 Å². The molecule has 2 N–H and O–H groups in total. The highest BCUT2D eigenvalue weighted by Crippen LogP contribution is 2.48. The minimum absolute atomic E-state index is 0.00261. The lowest BCUT2D eigenvalue weighted by Gasteiger charge is -2.58. The van der Waals surface area contributed by atoms with Gasteiger partial charge in [-0.1, -0.05) is 36.4 Å². The van der Waals surface area contributed by atoms with Crippen LogP contribution in [0.15, 0.2) is 71.7 Å². The van der Waals surface area contributed by atoms with Gasteiger partial charge < -0.3 is 14.8 Å². The van der Waals surface area contributed by atoms with E-state index in [1.807, 2.05) is 48.5 Å². The van der Waals surface area contributed by atoms with Gasteiger partial charge in [-0.3, -0.25) is 9.80 Å². The zero-order valence-electron chi connectivity index (χ0n) is 15.8. The number of likely N-dealkylation sites (tertiary alicyclic amines) is 1. The van der Waals surface area contributed by atoms with E-state index in [9.17, 15) is 9.90 Å². The highest BCUT2D eigenvalue weighted by Gasteiger charge is 2.53. The van der Waals surface area contributed by atoms with Gasteiger partial charge in [0, 0.05) is 42.5 Å². The average molecular weight is 390 g/mol. The van der Waals surface area contributed by atoms with Gasteiger partial charge in [-0.25, -0.2) is 9.78 Å². The number of benzene rings is 2. The molecule has 0 unspecified atom stereocenters. The predicted molar refractivity (Wildman–Crippen MR) is 109 cm³/mol. The van der Waals surface area contributed by atoms with Crippen LogP contribution in [0.5, 0.6) is 0 Å². The van der Waals surface area contributed by atoms with E-state index in [-0.39, 0.29) is 30.6 Å². The molecule has 3 atom stereocenters. The van der Waals surface area contributed by atoms with Gasteiger partial charge in [0.25, 0.3) is 0 Å². The quantitative estimate of drug-likeness (QED) is 0.716. The standard InChI is InChI=1S/C22H22N4O3/c27-12-20-21-17-8-4-5-9-18(17)26(22(28)24-15-6-2-1-3-7-15)11-19(21)25(20)10-16-13-29-14-23-16/h1-9,13-14,19-21,27H,10-12H2,(H,24,28)/t19-,20+,21+/m1/s1. The number of hydrogen-bond acceptors (Lipinski definition) is 5. The molecule has 2 aliphatic heterocycles. The molecule has 2 aromatic carbocycles. The number of anilines is 2. The number of amides is 2. The van der Waals surface area contributed by atoms with Crippen molar-refractivity contribution in [2.24, 2.45) is 0 Å². The Balaban J connectivity index is 1.44. The molecule has 1 fully saturated rings. The first-order valence-electron chi connectivity index (χ1n) is 9.72. The Hall–Kier alpha value is -3.16. The Morgan fingerprint density at radius 3 is 2.72 bits per heavy atom. The fourth-order valence-electron chi connectivity index (χ4n) is 4.61. The van der Waals surface area contributed by atoms with Crippen molar-refractivity contribution in [3.63, 3.8) is 0 Å². The van der Waals surface area contributed by atoms with Gasteiger partial charge in [0.1, 0.15) is 6.26 Å². The van der Waals surface area contributed by atoms with Crippen LogP contribution in [0, 0.1) is 0 Å². The summed E-state index contributed by atoms with van der Waals surface area (Å²) in [5.41, 5.74) is 3.59. The Labute approximate surface area is 168 Å². The molecule has 1 aromatic heterocycles. The van der Waals surface area contributed by atoms with Crippen LogP contribution in [0.25, 0.3) is 0 Å². The van der Waals surface area contributed by atoms with Gasteiger partial charge >= 0.3 is 6.03 Å². The van der Waals surface area contributed by atoms with Crippen LogP contribution >= 0.6 is 0 Å². The van der Waals surface area contributed by atoms with E-state index >= 15 is 0 Å². The Morgan fingerprint density at radius 2 is 1.97 bits per heavy atom. The maximum atomic E-state index is 13.1. The van der Waals surface area contributed by atoms with Crippen LogP contribution in [-0.4, -0.2) is 46.3 Å². The van der Waals surface area contributed by atoms with Crippen molar-refractivity contribution >= 4 is 17.4 Å². The number of rotatable bonds is 4. The third kappa shape index (κ3) is 3.08. The molecular formula is C22H22N4O3. The third-order valence-electron chi connectivity index (χ3n) is 5.92. The lowest BCUT2D eigenvalue weighted by Crippen LogP contribution is -2.69. The van der Waals surface area contributed by atoms with Crippen LogP contribution < -0.4 is 10.2 Å². The summed E-state index contributed by atoms with van der Waals surface area (Å²) in [5.74, 6) is 0.184. The predicted octanol–water partition coefficient (Wildman–Crippen LogP) is 3.06. The molecule has 0 radical (unpaired) electrons. The zero-order valence-corrected chi connectivity index (χ0v) is 15.8. The highest BCUT2D eigenvalue weighted by atomic mass is 16.3. The average Bonchev–Trinajstić information content (AvgIpc) is 3.26. The van der Waals surface area contributed by atoms with Crippen molar-refractivity contribution in [3.8, 4) is 0 Å². The molecule has 0 bridgehead atoms. The summed E-state index contributed by atoms with van der Waals surface area (Å²) in [7, 11) is 0. The molecule has 148 valence electrons. The lowest BCUT2D eigenvalue weighted by molar-refractivity contribution is -0.0492. The number of aliphatic hydroxyl groups excluding tert-OH is 1. The van der Waals surface area contributed by atoms with E-state index < -0.39 is 0 Å². The number of aliphatic hydroxyl groups is 1. The van der Waals surface area contributed by atoms with Crippen molar-refractivity contribution in [2.45, 2.75) is 24.5 Å². The molecule has 29 heavy (non-hydrogen) atoms. The second-order valence-corrected chi connectivity index (χ2v) is 7.46. The number of urea groups is 1. The second kappa shape index (κ2) is 7.35. The van der Waals surface area contributed by atoms with E-state index in [4.69, 9.17) is 4.42 Å². The molecule has 3 aromatic rings. The number of carbonyl (C=O) groups excluding carboxylic acids is 1. The SMILES string of the molecule is O=C(Nc1ccccc1)N1C[C@@H]2[C@H](c3ccccc31)[C@H](CO)N2Cc1cocn1. The molecule has 1 saturated heterocycles. The van der Waals surface area contributed by atoms with Crippen molar-refractivity contribution in [1.82, 2.24) is 9.88 Å². The first kappa shape index (κ1) is 17.9. The van der Waals surface area contributed by atoms with Crippen LogP contribution in [0.1, 0.15) is 17.2 Å². The summed E-state index contributed by atoms with van der Waals surface area (Å²) in [6, 6.07) is 17.4. The van der Waals surface area contributed by atoms with Crippen LogP contribution in [0.2, 0.25) is 0 Å². The molecule has 0 aliphatic carbocycles. The number of nitrogens with one attached hydrogen (secondary N) is 1. The maximum Gasteiger partial charge on any atom is 0.326 e. The fraction of sp³-hybridized carbons (Fsp3) is 0.273. The third-order valence-corrected chi connectivity index (χ3v) is 5.92. The smallest absolute Gasteiger partial charge is 0.326 e. The number of carbonyl (C=O) groups is 1. The number of nitrogens with zero attached hydrogens (tertiary/aromatic N) is 3. The summed E-state index contributed by atoms with van der Waals surface area (Å²) >= 11 is 0. The highest BCUT2D eigenvalue weighted by molar-refractivity contribution is 6.02. The normalized spacial score (nSPS) is 23.1. The summed E-state index contributed by atoms with van der Waals surface area (Å²) in [5, 5.41) is 13.0. The zero-order chi connectivity index (χ0) is 19.8. The fourth-order valence-corrected chi connectivity index (χ4v) is 4.61.